The summed E-state index contributed by atoms with van der Waals surface area (Å²) in [7, 11) is 0. The first-order chi connectivity index (χ1) is 11.6. The first kappa shape index (κ1) is 15.2. The number of nitrogens with zero attached hydrogens (tertiary/aromatic N) is 3. The summed E-state index contributed by atoms with van der Waals surface area (Å²) in [6.07, 6.45) is 1.47. The number of nitriles is 1. The van der Waals surface area contributed by atoms with Gasteiger partial charge in [0.15, 0.2) is 5.82 Å². The van der Waals surface area contributed by atoms with Gasteiger partial charge in [-0.15, -0.1) is 0 Å². The van der Waals surface area contributed by atoms with E-state index in [9.17, 15) is 9.59 Å². The Morgan fingerprint density at radius 1 is 1.25 bits per heavy atom. The Balaban J connectivity index is 1.76. The molecule has 7 heteroatoms. The van der Waals surface area contributed by atoms with Crippen molar-refractivity contribution in [1.82, 2.24) is 14.8 Å². The Bertz CT molecular complexity index is 976. The Labute approximate surface area is 137 Å². The lowest BCUT2D eigenvalue weighted by Crippen LogP contribution is -2.16. The van der Waals surface area contributed by atoms with Gasteiger partial charge < -0.3 is 5.32 Å². The van der Waals surface area contributed by atoms with Crippen LogP contribution in [-0.4, -0.2) is 20.7 Å². The number of aromatic amines is 1. The second-order valence-corrected chi connectivity index (χ2v) is 5.16. The molecule has 0 spiro atoms. The SMILES string of the molecule is Cc1cc(=O)n(-c2ccc(NC(=O)c3ccc(C#N)cc3)cn2)[nH]1. The number of nitrogens with one attached hydrogen (secondary N) is 2. The number of benzene rings is 1. The van der Waals surface area contributed by atoms with E-state index in [0.717, 1.165) is 5.69 Å². The van der Waals surface area contributed by atoms with E-state index in [1.165, 1.54) is 16.9 Å². The van der Waals surface area contributed by atoms with Crippen LogP contribution in [0, 0.1) is 18.3 Å². The normalized spacial score (nSPS) is 10.2. The molecule has 1 aromatic carbocycles. The van der Waals surface area contributed by atoms with Gasteiger partial charge >= 0.3 is 0 Å². The highest BCUT2D eigenvalue weighted by molar-refractivity contribution is 6.04. The number of hydrogen-bond acceptors (Lipinski definition) is 4. The van der Waals surface area contributed by atoms with Crippen LogP contribution in [0.2, 0.25) is 0 Å². The van der Waals surface area contributed by atoms with E-state index in [1.807, 2.05) is 6.07 Å². The first-order valence-electron chi connectivity index (χ1n) is 7.13. The molecule has 2 aromatic heterocycles. The number of rotatable bonds is 3. The molecule has 0 saturated heterocycles. The minimum absolute atomic E-state index is 0.200. The molecule has 0 fully saturated rings. The lowest BCUT2D eigenvalue weighted by Gasteiger charge is -2.06. The van der Waals surface area contributed by atoms with Gasteiger partial charge in [-0.05, 0) is 43.3 Å². The molecule has 1 amide bonds. The fourth-order valence-corrected chi connectivity index (χ4v) is 2.18. The molecule has 118 valence electrons. The minimum atomic E-state index is -0.304. The second-order valence-electron chi connectivity index (χ2n) is 5.16. The summed E-state index contributed by atoms with van der Waals surface area (Å²) < 4.78 is 1.32. The fraction of sp³-hybridized carbons (Fsp3) is 0.0588. The van der Waals surface area contributed by atoms with Gasteiger partial charge in [0.05, 0.1) is 23.5 Å². The third kappa shape index (κ3) is 3.08. The maximum atomic E-state index is 12.1. The van der Waals surface area contributed by atoms with Crippen molar-refractivity contribution in [3.8, 4) is 11.9 Å². The van der Waals surface area contributed by atoms with Crippen LogP contribution in [-0.2, 0) is 0 Å². The summed E-state index contributed by atoms with van der Waals surface area (Å²) in [5.41, 5.74) is 1.97. The summed E-state index contributed by atoms with van der Waals surface area (Å²) in [5.74, 6) is 0.131. The molecule has 3 rings (SSSR count). The number of pyridine rings is 1. The van der Waals surface area contributed by atoms with Gasteiger partial charge in [0, 0.05) is 17.3 Å². The lowest BCUT2D eigenvalue weighted by atomic mass is 10.1. The number of aryl methyl sites for hydroxylation is 1. The third-order valence-electron chi connectivity index (χ3n) is 3.36. The Morgan fingerprint density at radius 2 is 2.00 bits per heavy atom. The highest BCUT2D eigenvalue weighted by Crippen LogP contribution is 2.11. The standard InChI is InChI=1S/C17H13N5O2/c1-11-8-16(23)22(21-11)15-7-6-14(10-19-15)20-17(24)13-4-2-12(9-18)3-5-13/h2-8,10,21H,1H3,(H,20,24). The van der Waals surface area contributed by atoms with E-state index in [0.29, 0.717) is 22.6 Å². The molecule has 0 aliphatic carbocycles. The topological polar surface area (TPSA) is 104 Å². The average Bonchev–Trinajstić information content (AvgIpc) is 2.94. The van der Waals surface area contributed by atoms with Crippen molar-refractivity contribution in [2.75, 3.05) is 5.32 Å². The second kappa shape index (κ2) is 6.22. The molecule has 0 atom stereocenters. The zero-order valence-electron chi connectivity index (χ0n) is 12.8. The molecule has 2 heterocycles. The number of aromatic nitrogens is 3. The number of anilines is 1. The molecule has 24 heavy (non-hydrogen) atoms. The predicted molar refractivity (Wildman–Crippen MR) is 88.0 cm³/mol. The number of H-pyrrole nitrogens is 1. The Kier molecular flexibility index (Phi) is 3.95. The van der Waals surface area contributed by atoms with Gasteiger partial charge in [-0.1, -0.05) is 0 Å². The molecule has 0 aliphatic rings. The van der Waals surface area contributed by atoms with E-state index >= 15 is 0 Å². The van der Waals surface area contributed by atoms with Crippen LogP contribution in [0.1, 0.15) is 21.6 Å². The maximum absolute atomic E-state index is 12.1. The van der Waals surface area contributed by atoms with Crippen LogP contribution in [0.5, 0.6) is 0 Å². The number of hydrogen-bond donors (Lipinski definition) is 2. The summed E-state index contributed by atoms with van der Waals surface area (Å²) in [4.78, 5) is 28.1. The third-order valence-corrected chi connectivity index (χ3v) is 3.36. The zero-order valence-corrected chi connectivity index (χ0v) is 12.8. The van der Waals surface area contributed by atoms with E-state index in [4.69, 9.17) is 5.26 Å². The van der Waals surface area contributed by atoms with Gasteiger partial charge in [-0.2, -0.15) is 5.26 Å². The van der Waals surface area contributed by atoms with Gasteiger partial charge in [0.25, 0.3) is 11.5 Å². The van der Waals surface area contributed by atoms with E-state index in [-0.39, 0.29) is 11.5 Å². The van der Waals surface area contributed by atoms with Gasteiger partial charge in [-0.3, -0.25) is 14.7 Å². The first-order valence-corrected chi connectivity index (χ1v) is 7.13. The van der Waals surface area contributed by atoms with Crippen LogP contribution in [0.15, 0.2) is 53.5 Å². The van der Waals surface area contributed by atoms with Gasteiger partial charge in [0.2, 0.25) is 0 Å². The van der Waals surface area contributed by atoms with Crippen molar-refractivity contribution in [3.63, 3.8) is 0 Å². The molecular weight excluding hydrogens is 306 g/mol. The number of amides is 1. The minimum Gasteiger partial charge on any atom is -0.321 e. The maximum Gasteiger partial charge on any atom is 0.272 e. The quantitative estimate of drug-likeness (QED) is 0.770. The largest absolute Gasteiger partial charge is 0.321 e. The van der Waals surface area contributed by atoms with Crippen LogP contribution in [0.4, 0.5) is 5.69 Å². The van der Waals surface area contributed by atoms with Crippen molar-refractivity contribution in [1.29, 1.82) is 5.26 Å². The van der Waals surface area contributed by atoms with E-state index in [2.05, 4.69) is 15.4 Å². The predicted octanol–water partition coefficient (Wildman–Crippen LogP) is 1.99. The van der Waals surface area contributed by atoms with E-state index in [1.54, 1.807) is 43.3 Å². The molecule has 0 unspecified atom stereocenters. The molecule has 3 aromatic rings. The Morgan fingerprint density at radius 3 is 2.54 bits per heavy atom. The summed E-state index contributed by atoms with van der Waals surface area (Å²) in [6, 6.07) is 13.1. The fourth-order valence-electron chi connectivity index (χ4n) is 2.18. The van der Waals surface area contributed by atoms with E-state index < -0.39 is 0 Å². The smallest absolute Gasteiger partial charge is 0.272 e. The lowest BCUT2D eigenvalue weighted by molar-refractivity contribution is 0.102. The van der Waals surface area contributed by atoms with Gasteiger partial charge in [0.1, 0.15) is 0 Å². The summed E-state index contributed by atoms with van der Waals surface area (Å²) >= 11 is 0. The highest BCUT2D eigenvalue weighted by atomic mass is 16.1. The van der Waals surface area contributed by atoms with Crippen molar-refractivity contribution < 1.29 is 4.79 Å². The van der Waals surface area contributed by atoms with Crippen molar-refractivity contribution in [3.05, 3.63) is 75.8 Å². The number of carbonyl (C=O) groups is 1. The van der Waals surface area contributed by atoms with Crippen LogP contribution in [0.3, 0.4) is 0 Å². The van der Waals surface area contributed by atoms with Crippen molar-refractivity contribution >= 4 is 11.6 Å². The molecule has 7 nitrogen and oxygen atoms in total. The highest BCUT2D eigenvalue weighted by Gasteiger charge is 2.08. The molecular formula is C17H13N5O2. The van der Waals surface area contributed by atoms with Crippen LogP contribution >= 0.6 is 0 Å². The van der Waals surface area contributed by atoms with Crippen molar-refractivity contribution in [2.24, 2.45) is 0 Å². The molecule has 2 N–H and O–H groups in total. The molecule has 0 radical (unpaired) electrons. The zero-order chi connectivity index (χ0) is 17.1. The van der Waals surface area contributed by atoms with Crippen molar-refractivity contribution in [2.45, 2.75) is 6.92 Å². The molecule has 0 bridgehead atoms. The van der Waals surface area contributed by atoms with Crippen LogP contribution in [0.25, 0.3) is 5.82 Å². The average molecular weight is 319 g/mol. The van der Waals surface area contributed by atoms with Crippen LogP contribution < -0.4 is 10.9 Å². The Hall–Kier alpha value is -3.66. The monoisotopic (exact) mass is 319 g/mol. The molecule has 0 aliphatic heterocycles. The molecule has 0 saturated carbocycles. The summed E-state index contributed by atoms with van der Waals surface area (Å²) in [6.45, 7) is 1.78. The summed E-state index contributed by atoms with van der Waals surface area (Å²) in [5, 5.41) is 14.4. The number of carbonyl (C=O) groups excluding carboxylic acids is 1. The van der Waals surface area contributed by atoms with Gasteiger partial charge in [-0.25, -0.2) is 9.67 Å².